The Balaban J connectivity index is 0. The van der Waals surface area contributed by atoms with Gasteiger partial charge in [-0.25, -0.2) is 0 Å². The number of hydrogen-bond acceptors (Lipinski definition) is 1. The van der Waals surface area contributed by atoms with Gasteiger partial charge in [0.1, 0.15) is 5.84 Å². The number of hydrogen-bond donors (Lipinski definition) is 1. The van der Waals surface area contributed by atoms with Gasteiger partial charge >= 0.3 is 0 Å². The summed E-state index contributed by atoms with van der Waals surface area (Å²) in [6, 6.07) is 0. The van der Waals surface area contributed by atoms with E-state index in [4.69, 9.17) is 0 Å². The monoisotopic (exact) mass is 126 g/mol. The first kappa shape index (κ1) is 7.95. The first-order valence-corrected chi connectivity index (χ1v) is 2.89. The number of rotatable bonds is 3. The maximum atomic E-state index is 4.05. The summed E-state index contributed by atoms with van der Waals surface area (Å²) in [5.41, 5.74) is 0. The molecule has 2 nitrogen and oxygen atoms in total. The molecule has 0 atom stereocenters. The zero-order valence-electron chi connectivity index (χ0n) is 5.72. The molecule has 0 aliphatic rings. The minimum Gasteiger partial charge on any atom is -0.348 e. The fourth-order valence-electron chi connectivity index (χ4n) is 0.444. The van der Waals surface area contributed by atoms with Crippen LogP contribution in [0.15, 0.2) is 30.4 Å². The Morgan fingerprint density at radius 1 is 1.78 bits per heavy atom. The average molecular weight is 126 g/mol. The van der Waals surface area contributed by atoms with Crippen LogP contribution < -0.4 is 5.32 Å². The molecule has 0 bridgehead atoms. The number of nitrogens with one attached hydrogen (secondary N) is 1. The van der Waals surface area contributed by atoms with Crippen molar-refractivity contribution in [2.45, 2.75) is 6.92 Å². The van der Waals surface area contributed by atoms with Gasteiger partial charge in [0.25, 0.3) is 0 Å². The normalized spacial score (nSPS) is 10.6. The summed E-state index contributed by atoms with van der Waals surface area (Å²) in [6.45, 7) is 9.78. The standard InChI is InChI=1S/C7H12N2.H2/c1-4-7(8-5-2)9-6-3;/h4-5H,1-2,6H2,3H3,(H,8,9);1H. The fraction of sp³-hybridized carbons (Fsp3) is 0.286. The zero-order valence-corrected chi connectivity index (χ0v) is 5.72. The van der Waals surface area contributed by atoms with Crippen molar-refractivity contribution in [3.05, 3.63) is 25.4 Å². The molecule has 0 aliphatic carbocycles. The summed E-state index contributed by atoms with van der Waals surface area (Å²) in [5.74, 6) is 0.771. The molecule has 0 saturated carbocycles. The lowest BCUT2D eigenvalue weighted by Gasteiger charge is -1.96. The summed E-state index contributed by atoms with van der Waals surface area (Å²) in [6.07, 6.45) is 3.24. The summed E-state index contributed by atoms with van der Waals surface area (Å²) in [4.78, 5) is 4.05. The van der Waals surface area contributed by atoms with Crippen LogP contribution in [0.4, 0.5) is 0 Å². The van der Waals surface area contributed by atoms with Crippen LogP contribution in [-0.2, 0) is 0 Å². The van der Waals surface area contributed by atoms with Gasteiger partial charge in [-0.3, -0.25) is 4.99 Å². The fourth-order valence-corrected chi connectivity index (χ4v) is 0.444. The average Bonchev–Trinajstić information content (AvgIpc) is 1.88. The molecule has 9 heavy (non-hydrogen) atoms. The maximum absolute atomic E-state index is 4.05. The number of amidine groups is 1. The van der Waals surface area contributed by atoms with E-state index in [0.29, 0.717) is 0 Å². The van der Waals surface area contributed by atoms with Gasteiger partial charge in [0, 0.05) is 7.97 Å². The van der Waals surface area contributed by atoms with E-state index in [2.05, 4.69) is 23.5 Å². The summed E-state index contributed by atoms with van der Waals surface area (Å²) >= 11 is 0. The lowest BCUT2D eigenvalue weighted by molar-refractivity contribution is 1.10. The van der Waals surface area contributed by atoms with Crippen molar-refractivity contribution in [1.29, 1.82) is 0 Å². The Labute approximate surface area is 57.5 Å². The van der Waals surface area contributed by atoms with Crippen molar-refractivity contribution < 1.29 is 1.43 Å². The van der Waals surface area contributed by atoms with Gasteiger partial charge in [0.05, 0.1) is 0 Å². The third kappa shape index (κ3) is 3.53. The predicted molar refractivity (Wildman–Crippen MR) is 43.6 cm³/mol. The van der Waals surface area contributed by atoms with E-state index >= 15 is 0 Å². The van der Waals surface area contributed by atoms with Crippen molar-refractivity contribution in [2.24, 2.45) is 4.99 Å². The van der Waals surface area contributed by atoms with Crippen LogP contribution in [-0.4, -0.2) is 12.4 Å². The molecule has 0 aliphatic heterocycles. The highest BCUT2D eigenvalue weighted by atomic mass is 15.0. The van der Waals surface area contributed by atoms with E-state index in [1.54, 1.807) is 12.3 Å². The van der Waals surface area contributed by atoms with E-state index in [-0.39, 0.29) is 1.43 Å². The Bertz CT molecular complexity index is 130. The van der Waals surface area contributed by atoms with Crippen LogP contribution in [0.2, 0.25) is 0 Å². The van der Waals surface area contributed by atoms with Crippen LogP contribution in [0.1, 0.15) is 8.35 Å². The first-order valence-electron chi connectivity index (χ1n) is 2.89. The van der Waals surface area contributed by atoms with Gasteiger partial charge < -0.3 is 5.32 Å². The van der Waals surface area contributed by atoms with Crippen molar-refractivity contribution in [3.8, 4) is 0 Å². The highest BCUT2D eigenvalue weighted by molar-refractivity contribution is 5.92. The molecular formula is C7H14N2. The molecule has 0 aromatic rings. The third-order valence-electron chi connectivity index (χ3n) is 0.772. The molecule has 0 aromatic heterocycles. The van der Waals surface area contributed by atoms with E-state index < -0.39 is 0 Å². The predicted octanol–water partition coefficient (Wildman–Crippen LogP) is 1.57. The summed E-state index contributed by atoms with van der Waals surface area (Å²) in [7, 11) is 0. The van der Waals surface area contributed by atoms with Gasteiger partial charge in [-0.05, 0) is 19.2 Å². The molecule has 0 aromatic carbocycles. The van der Waals surface area contributed by atoms with Crippen LogP contribution in [0.3, 0.4) is 0 Å². The Kier molecular flexibility index (Phi) is 4.50. The Hall–Kier alpha value is -1.05. The third-order valence-corrected chi connectivity index (χ3v) is 0.772. The molecule has 0 rings (SSSR count). The molecule has 0 fully saturated rings. The highest BCUT2D eigenvalue weighted by Gasteiger charge is 1.82. The van der Waals surface area contributed by atoms with E-state index in [0.717, 1.165) is 12.4 Å². The molecule has 0 saturated heterocycles. The van der Waals surface area contributed by atoms with Crippen LogP contribution in [0, 0.1) is 0 Å². The van der Waals surface area contributed by atoms with Gasteiger partial charge in [0.2, 0.25) is 0 Å². The maximum Gasteiger partial charge on any atom is 0.124 e. The minimum atomic E-state index is 0. The van der Waals surface area contributed by atoms with Crippen molar-refractivity contribution >= 4 is 5.84 Å². The van der Waals surface area contributed by atoms with E-state index in [1.807, 2.05) is 6.92 Å². The molecule has 2 heteroatoms. The van der Waals surface area contributed by atoms with Gasteiger partial charge in [-0.1, -0.05) is 13.2 Å². The first-order chi connectivity index (χ1) is 4.35. The smallest absolute Gasteiger partial charge is 0.124 e. The molecule has 0 unspecified atom stereocenters. The second-order valence-electron chi connectivity index (χ2n) is 1.41. The molecule has 52 valence electrons. The molecular weight excluding hydrogens is 112 g/mol. The molecule has 0 heterocycles. The van der Waals surface area contributed by atoms with Gasteiger partial charge in [0.15, 0.2) is 0 Å². The second kappa shape index (κ2) is 5.09. The summed E-state index contributed by atoms with van der Waals surface area (Å²) in [5, 5.41) is 2.83. The van der Waals surface area contributed by atoms with Crippen LogP contribution in [0.25, 0.3) is 0 Å². The lowest BCUT2D eigenvalue weighted by atomic mass is 10.5. The molecule has 0 spiro atoms. The van der Waals surface area contributed by atoms with Crippen LogP contribution >= 0.6 is 0 Å². The minimum absolute atomic E-state index is 0. The summed E-state index contributed by atoms with van der Waals surface area (Å²) < 4.78 is 0. The van der Waals surface area contributed by atoms with Crippen molar-refractivity contribution in [2.75, 3.05) is 6.54 Å². The second-order valence-corrected chi connectivity index (χ2v) is 1.41. The Morgan fingerprint density at radius 3 is 2.78 bits per heavy atom. The quantitative estimate of drug-likeness (QED) is 0.450. The zero-order chi connectivity index (χ0) is 7.11. The Morgan fingerprint density at radius 2 is 2.44 bits per heavy atom. The highest BCUT2D eigenvalue weighted by Crippen LogP contribution is 1.74. The van der Waals surface area contributed by atoms with E-state index in [9.17, 15) is 0 Å². The van der Waals surface area contributed by atoms with Crippen molar-refractivity contribution in [3.63, 3.8) is 0 Å². The molecule has 0 amide bonds. The van der Waals surface area contributed by atoms with Crippen molar-refractivity contribution in [1.82, 2.24) is 5.32 Å². The SMILES string of the molecule is C=CNC(C=C)=NCC.[HH]. The molecule has 1 N–H and O–H groups in total. The largest absolute Gasteiger partial charge is 0.348 e. The van der Waals surface area contributed by atoms with Gasteiger partial charge in [-0.15, -0.1) is 0 Å². The lowest BCUT2D eigenvalue weighted by Crippen LogP contribution is -2.13. The van der Waals surface area contributed by atoms with E-state index in [1.165, 1.54) is 0 Å². The topological polar surface area (TPSA) is 24.4 Å². The van der Waals surface area contributed by atoms with Gasteiger partial charge in [-0.2, -0.15) is 0 Å². The molecule has 0 radical (unpaired) electrons. The number of aliphatic imine (C=N–C) groups is 1. The number of nitrogens with zero attached hydrogens (tertiary/aromatic N) is 1. The van der Waals surface area contributed by atoms with Crippen LogP contribution in [0.5, 0.6) is 0 Å².